The van der Waals surface area contributed by atoms with Crippen LogP contribution in [0.5, 0.6) is 0 Å². The van der Waals surface area contributed by atoms with Crippen LogP contribution in [0.3, 0.4) is 0 Å². The third-order valence-electron chi connectivity index (χ3n) is 5.66. The van der Waals surface area contributed by atoms with E-state index in [9.17, 15) is 9.59 Å². The number of carbonyl (C=O) groups is 2. The lowest BCUT2D eigenvalue weighted by atomic mass is 9.73. The molecule has 0 unspecified atom stereocenters. The molecule has 1 saturated heterocycles. The van der Waals surface area contributed by atoms with Gasteiger partial charge in [-0.15, -0.1) is 0 Å². The molecular formula is C19H26N2O3. The summed E-state index contributed by atoms with van der Waals surface area (Å²) in [7, 11) is 3.25. The molecule has 1 spiro atoms. The van der Waals surface area contributed by atoms with Crippen LogP contribution in [0.4, 0.5) is 0 Å². The Kier molecular flexibility index (Phi) is 4.90. The van der Waals surface area contributed by atoms with Crippen molar-refractivity contribution < 1.29 is 14.3 Å². The smallest absolute Gasteiger partial charge is 0.248 e. The van der Waals surface area contributed by atoms with Crippen LogP contribution in [0.1, 0.15) is 42.7 Å². The summed E-state index contributed by atoms with van der Waals surface area (Å²) >= 11 is 0. The number of methoxy groups -OCH3 is 1. The van der Waals surface area contributed by atoms with Crippen molar-refractivity contribution in [2.24, 2.45) is 0 Å². The number of ether oxygens (including phenoxy) is 1. The van der Waals surface area contributed by atoms with E-state index >= 15 is 0 Å². The van der Waals surface area contributed by atoms with E-state index in [1.54, 1.807) is 14.2 Å². The summed E-state index contributed by atoms with van der Waals surface area (Å²) in [6.07, 6.45) is 3.47. The predicted molar refractivity (Wildman–Crippen MR) is 91.9 cm³/mol. The lowest BCUT2D eigenvalue weighted by molar-refractivity contribution is -0.136. The number of rotatable bonds is 4. The number of nitrogens with one attached hydrogen (secondary N) is 1. The van der Waals surface area contributed by atoms with Crippen molar-refractivity contribution >= 4 is 11.8 Å². The van der Waals surface area contributed by atoms with E-state index in [-0.39, 0.29) is 29.8 Å². The number of benzene rings is 1. The normalized spacial score (nSPS) is 21.6. The molecule has 3 rings (SSSR count). The molecule has 0 aromatic heterocycles. The first kappa shape index (κ1) is 17.0. The van der Waals surface area contributed by atoms with Gasteiger partial charge in [0.2, 0.25) is 11.8 Å². The monoisotopic (exact) mass is 330 g/mol. The molecule has 2 amide bonds. The summed E-state index contributed by atoms with van der Waals surface area (Å²) in [6.45, 7) is 1.69. The summed E-state index contributed by atoms with van der Waals surface area (Å²) in [5.41, 5.74) is 2.81. The number of nitrogens with zero attached hydrogens (tertiary/aromatic N) is 1. The Morgan fingerprint density at radius 3 is 2.67 bits per heavy atom. The first-order chi connectivity index (χ1) is 11.6. The molecule has 24 heavy (non-hydrogen) atoms. The average molecular weight is 330 g/mol. The fraction of sp³-hybridized carbons (Fsp3) is 0.579. The number of hydrogen-bond acceptors (Lipinski definition) is 3. The van der Waals surface area contributed by atoms with Crippen molar-refractivity contribution in [3.63, 3.8) is 0 Å². The largest absolute Gasteiger partial charge is 0.375 e. The van der Waals surface area contributed by atoms with Crippen LogP contribution in [-0.4, -0.2) is 50.6 Å². The fourth-order valence-electron chi connectivity index (χ4n) is 4.41. The number of carbonyl (C=O) groups excluding carboxylic acids is 2. The second kappa shape index (κ2) is 6.93. The van der Waals surface area contributed by atoms with Gasteiger partial charge in [0.25, 0.3) is 0 Å². The van der Waals surface area contributed by atoms with Crippen molar-refractivity contribution in [2.75, 3.05) is 33.9 Å². The van der Waals surface area contributed by atoms with Crippen LogP contribution in [-0.2, 0) is 19.7 Å². The Balaban J connectivity index is 1.78. The Labute approximate surface area is 143 Å². The van der Waals surface area contributed by atoms with E-state index in [1.165, 1.54) is 11.1 Å². The van der Waals surface area contributed by atoms with Crippen LogP contribution in [0.15, 0.2) is 24.3 Å². The lowest BCUT2D eigenvalue weighted by Gasteiger charge is -2.40. The van der Waals surface area contributed by atoms with Gasteiger partial charge in [0.1, 0.15) is 6.61 Å². The van der Waals surface area contributed by atoms with Crippen LogP contribution in [0.25, 0.3) is 0 Å². The van der Waals surface area contributed by atoms with Crippen LogP contribution in [0.2, 0.25) is 0 Å². The summed E-state index contributed by atoms with van der Waals surface area (Å²) in [4.78, 5) is 25.8. The topological polar surface area (TPSA) is 58.6 Å². The molecule has 5 heteroatoms. The van der Waals surface area contributed by atoms with Crippen LogP contribution in [0, 0.1) is 0 Å². The summed E-state index contributed by atoms with van der Waals surface area (Å²) in [5.74, 6) is 0.447. The van der Waals surface area contributed by atoms with Gasteiger partial charge in [0, 0.05) is 33.7 Å². The lowest BCUT2D eigenvalue weighted by Crippen LogP contribution is -2.45. The minimum absolute atomic E-state index is 0.0699. The molecule has 2 aliphatic rings. The highest BCUT2D eigenvalue weighted by Crippen LogP contribution is 2.52. The highest BCUT2D eigenvalue weighted by Gasteiger charge is 2.45. The van der Waals surface area contributed by atoms with Gasteiger partial charge in [0.05, 0.1) is 0 Å². The molecule has 130 valence electrons. The predicted octanol–water partition coefficient (Wildman–Crippen LogP) is 1.82. The van der Waals surface area contributed by atoms with E-state index < -0.39 is 0 Å². The molecule has 1 aromatic rings. The SMILES string of the molecule is CNC(=O)C[C@@H]1CC2(CCN(C(=O)COC)CC2)c2ccccc21. The maximum atomic E-state index is 12.0. The second-order valence-corrected chi connectivity index (χ2v) is 6.96. The van der Waals surface area contributed by atoms with Crippen LogP contribution < -0.4 is 5.32 Å². The third kappa shape index (κ3) is 3.05. The van der Waals surface area contributed by atoms with Gasteiger partial charge in [-0.2, -0.15) is 0 Å². The molecule has 1 aliphatic heterocycles. The van der Waals surface area contributed by atoms with E-state index in [4.69, 9.17) is 4.74 Å². The number of likely N-dealkylation sites (tertiary alicyclic amines) is 1. The highest BCUT2D eigenvalue weighted by atomic mass is 16.5. The van der Waals surface area contributed by atoms with E-state index in [0.717, 1.165) is 32.4 Å². The molecule has 1 atom stereocenters. The van der Waals surface area contributed by atoms with Gasteiger partial charge in [-0.1, -0.05) is 24.3 Å². The third-order valence-corrected chi connectivity index (χ3v) is 5.66. The molecule has 1 aromatic carbocycles. The minimum Gasteiger partial charge on any atom is -0.375 e. The summed E-state index contributed by atoms with van der Waals surface area (Å²) < 4.78 is 4.97. The molecule has 0 radical (unpaired) electrons. The van der Waals surface area contributed by atoms with Gasteiger partial charge in [0.15, 0.2) is 0 Å². The molecule has 1 N–H and O–H groups in total. The summed E-state index contributed by atoms with van der Waals surface area (Å²) in [5, 5.41) is 2.74. The molecular weight excluding hydrogens is 304 g/mol. The Morgan fingerprint density at radius 1 is 1.29 bits per heavy atom. The zero-order valence-corrected chi connectivity index (χ0v) is 14.5. The van der Waals surface area contributed by atoms with Crippen molar-refractivity contribution in [3.8, 4) is 0 Å². The number of amides is 2. The number of piperidine rings is 1. The van der Waals surface area contributed by atoms with Crippen molar-refractivity contribution in [1.82, 2.24) is 10.2 Å². The first-order valence-corrected chi connectivity index (χ1v) is 8.66. The van der Waals surface area contributed by atoms with Gasteiger partial charge < -0.3 is 15.0 Å². The van der Waals surface area contributed by atoms with E-state index in [1.807, 2.05) is 4.90 Å². The summed E-state index contributed by atoms with van der Waals surface area (Å²) in [6, 6.07) is 8.53. The maximum Gasteiger partial charge on any atom is 0.248 e. The number of fused-ring (bicyclic) bond motifs is 2. The molecule has 1 aliphatic carbocycles. The molecule has 5 nitrogen and oxygen atoms in total. The second-order valence-electron chi connectivity index (χ2n) is 6.96. The van der Waals surface area contributed by atoms with Gasteiger partial charge in [-0.25, -0.2) is 0 Å². The first-order valence-electron chi connectivity index (χ1n) is 8.66. The molecule has 0 saturated carbocycles. The average Bonchev–Trinajstić information content (AvgIpc) is 2.89. The fourth-order valence-corrected chi connectivity index (χ4v) is 4.41. The van der Waals surface area contributed by atoms with Crippen molar-refractivity contribution in [3.05, 3.63) is 35.4 Å². The van der Waals surface area contributed by atoms with E-state index in [0.29, 0.717) is 6.42 Å². The Morgan fingerprint density at radius 2 is 2.00 bits per heavy atom. The number of hydrogen-bond donors (Lipinski definition) is 1. The Bertz CT molecular complexity index is 621. The van der Waals surface area contributed by atoms with Gasteiger partial charge in [-0.05, 0) is 41.7 Å². The highest BCUT2D eigenvalue weighted by molar-refractivity contribution is 5.78. The van der Waals surface area contributed by atoms with E-state index in [2.05, 4.69) is 29.6 Å². The minimum atomic E-state index is 0.0699. The van der Waals surface area contributed by atoms with Gasteiger partial charge >= 0.3 is 0 Å². The van der Waals surface area contributed by atoms with Crippen molar-refractivity contribution in [1.29, 1.82) is 0 Å². The molecule has 1 fully saturated rings. The zero-order valence-electron chi connectivity index (χ0n) is 14.5. The van der Waals surface area contributed by atoms with Gasteiger partial charge in [-0.3, -0.25) is 9.59 Å². The quantitative estimate of drug-likeness (QED) is 0.916. The van der Waals surface area contributed by atoms with Crippen molar-refractivity contribution in [2.45, 2.75) is 37.0 Å². The van der Waals surface area contributed by atoms with Crippen LogP contribution >= 0.6 is 0 Å². The molecule has 1 heterocycles. The standard InChI is InChI=1S/C19H26N2O3/c1-20-17(22)11-14-12-19(16-6-4-3-5-15(14)16)7-9-21(10-8-19)18(23)13-24-2/h3-6,14H,7-13H2,1-2H3,(H,20,22)/t14-/m1/s1. The maximum absolute atomic E-state index is 12.0. The Hall–Kier alpha value is -1.88. The molecule has 0 bridgehead atoms. The zero-order chi connectivity index (χ0) is 17.2.